The molecule has 112 valence electrons. The van der Waals surface area contributed by atoms with Crippen LogP contribution in [-0.2, 0) is 0 Å². The molecule has 0 unspecified atom stereocenters. The highest BCUT2D eigenvalue weighted by atomic mass is 14.7. The molecule has 1 aliphatic carbocycles. The topological polar surface area (TPSA) is 12.9 Å². The van der Waals surface area contributed by atoms with Crippen LogP contribution in [0.4, 0.5) is 0 Å². The normalized spacial score (nSPS) is 19.2. The van der Waals surface area contributed by atoms with Crippen LogP contribution in [0.1, 0.15) is 75.8 Å². The van der Waals surface area contributed by atoms with E-state index in [1.54, 1.807) is 0 Å². The van der Waals surface area contributed by atoms with E-state index in [9.17, 15) is 0 Å². The van der Waals surface area contributed by atoms with Gasteiger partial charge in [0.05, 0.1) is 5.52 Å². The number of para-hydroxylation sites is 1. The summed E-state index contributed by atoms with van der Waals surface area (Å²) < 4.78 is 0. The van der Waals surface area contributed by atoms with Gasteiger partial charge in [-0.15, -0.1) is 0 Å². The van der Waals surface area contributed by atoms with E-state index in [1.165, 1.54) is 75.3 Å². The molecule has 21 heavy (non-hydrogen) atoms. The summed E-state index contributed by atoms with van der Waals surface area (Å²) in [6.45, 7) is 0. The summed E-state index contributed by atoms with van der Waals surface area (Å²) in [4.78, 5) is 4.95. The molecule has 1 aliphatic rings. The summed E-state index contributed by atoms with van der Waals surface area (Å²) in [6, 6.07) is 13.0. The summed E-state index contributed by atoms with van der Waals surface area (Å²) in [5, 5.41) is 1.26. The third kappa shape index (κ3) is 4.06. The van der Waals surface area contributed by atoms with Crippen molar-refractivity contribution in [1.82, 2.24) is 4.98 Å². The van der Waals surface area contributed by atoms with Crippen molar-refractivity contribution >= 4 is 10.9 Å². The number of fused-ring (bicyclic) bond motifs is 1. The molecular formula is C20H27N. The Morgan fingerprint density at radius 1 is 0.667 bits per heavy atom. The van der Waals surface area contributed by atoms with E-state index in [1.807, 2.05) is 0 Å². The van der Waals surface area contributed by atoms with Gasteiger partial charge in [-0.05, 0) is 25.0 Å². The van der Waals surface area contributed by atoms with Gasteiger partial charge >= 0.3 is 0 Å². The molecule has 0 bridgehead atoms. The molecule has 1 aromatic heterocycles. The van der Waals surface area contributed by atoms with Gasteiger partial charge in [0.25, 0.3) is 0 Å². The van der Waals surface area contributed by atoms with E-state index in [4.69, 9.17) is 4.98 Å². The highest BCUT2D eigenvalue weighted by molar-refractivity contribution is 5.78. The Kier molecular flexibility index (Phi) is 5.26. The molecule has 0 amide bonds. The van der Waals surface area contributed by atoms with E-state index < -0.39 is 0 Å². The first kappa shape index (κ1) is 14.6. The Balaban J connectivity index is 1.76. The van der Waals surface area contributed by atoms with Crippen LogP contribution in [0, 0.1) is 0 Å². The van der Waals surface area contributed by atoms with Crippen molar-refractivity contribution in [2.45, 2.75) is 70.1 Å². The zero-order chi connectivity index (χ0) is 14.3. The molecule has 3 rings (SSSR count). The molecule has 1 heterocycles. The molecule has 1 heteroatoms. The van der Waals surface area contributed by atoms with Crippen LogP contribution in [0.5, 0.6) is 0 Å². The number of nitrogens with zero attached hydrogens (tertiary/aromatic N) is 1. The van der Waals surface area contributed by atoms with Crippen molar-refractivity contribution < 1.29 is 0 Å². The lowest BCUT2D eigenvalue weighted by molar-refractivity contribution is 0.506. The van der Waals surface area contributed by atoms with Gasteiger partial charge in [-0.25, -0.2) is 0 Å². The van der Waals surface area contributed by atoms with Crippen molar-refractivity contribution in [3.8, 4) is 0 Å². The minimum absolute atomic E-state index is 0.674. The smallest absolute Gasteiger partial charge is 0.0705 e. The number of benzene rings is 1. The molecule has 0 spiro atoms. The zero-order valence-electron chi connectivity index (χ0n) is 13.1. The predicted molar refractivity (Wildman–Crippen MR) is 90.7 cm³/mol. The van der Waals surface area contributed by atoms with Crippen LogP contribution in [0.2, 0.25) is 0 Å². The van der Waals surface area contributed by atoms with Gasteiger partial charge in [-0.1, -0.05) is 75.6 Å². The lowest BCUT2D eigenvalue weighted by atomic mass is 9.91. The van der Waals surface area contributed by atoms with Crippen LogP contribution in [0.3, 0.4) is 0 Å². The molecule has 1 fully saturated rings. The lowest BCUT2D eigenvalue weighted by Gasteiger charge is -2.16. The van der Waals surface area contributed by atoms with Crippen LogP contribution < -0.4 is 0 Å². The van der Waals surface area contributed by atoms with E-state index >= 15 is 0 Å². The second-order valence-electron chi connectivity index (χ2n) is 6.53. The van der Waals surface area contributed by atoms with E-state index in [0.29, 0.717) is 5.92 Å². The number of hydrogen-bond acceptors (Lipinski definition) is 1. The van der Waals surface area contributed by atoms with Gasteiger partial charge in [0.1, 0.15) is 0 Å². The van der Waals surface area contributed by atoms with Gasteiger partial charge < -0.3 is 0 Å². The first-order valence-corrected chi connectivity index (χ1v) is 8.79. The van der Waals surface area contributed by atoms with Crippen molar-refractivity contribution in [3.05, 3.63) is 42.1 Å². The van der Waals surface area contributed by atoms with Gasteiger partial charge in [-0.3, -0.25) is 4.98 Å². The van der Waals surface area contributed by atoms with Gasteiger partial charge in [0.15, 0.2) is 0 Å². The first-order valence-electron chi connectivity index (χ1n) is 8.79. The molecule has 1 saturated carbocycles. The Morgan fingerprint density at radius 2 is 1.29 bits per heavy atom. The molecule has 0 aliphatic heterocycles. The quantitative estimate of drug-likeness (QED) is 0.603. The van der Waals surface area contributed by atoms with E-state index in [-0.39, 0.29) is 0 Å². The Bertz CT molecular complexity index is 549. The van der Waals surface area contributed by atoms with E-state index in [0.717, 1.165) is 5.52 Å². The van der Waals surface area contributed by atoms with Crippen molar-refractivity contribution in [2.75, 3.05) is 0 Å². The predicted octanol–water partition coefficient (Wildman–Crippen LogP) is 6.23. The molecule has 0 radical (unpaired) electrons. The third-order valence-corrected chi connectivity index (χ3v) is 4.89. The molecule has 1 nitrogen and oxygen atoms in total. The second-order valence-corrected chi connectivity index (χ2v) is 6.53. The minimum atomic E-state index is 0.674. The first-order chi connectivity index (χ1) is 10.4. The molecule has 0 saturated heterocycles. The summed E-state index contributed by atoms with van der Waals surface area (Å²) >= 11 is 0. The Labute approximate surface area is 128 Å². The number of pyridine rings is 1. The van der Waals surface area contributed by atoms with E-state index in [2.05, 4.69) is 36.4 Å². The summed E-state index contributed by atoms with van der Waals surface area (Å²) in [6.07, 6.45) is 14.0. The summed E-state index contributed by atoms with van der Waals surface area (Å²) in [7, 11) is 0. The molecule has 0 N–H and O–H groups in total. The van der Waals surface area contributed by atoms with Crippen LogP contribution in [0.15, 0.2) is 36.4 Å². The molecule has 0 atom stereocenters. The second kappa shape index (κ2) is 7.59. The largest absolute Gasteiger partial charge is 0.253 e. The lowest BCUT2D eigenvalue weighted by Crippen LogP contribution is -2.02. The fourth-order valence-corrected chi connectivity index (χ4v) is 3.59. The molecular weight excluding hydrogens is 254 g/mol. The fourth-order valence-electron chi connectivity index (χ4n) is 3.59. The van der Waals surface area contributed by atoms with Gasteiger partial charge in [0.2, 0.25) is 0 Å². The standard InChI is InChI=1S/C20H27N/c1-2-4-6-8-12-17(11-7-5-3-1)20-16-15-18-13-9-10-14-19(18)21-20/h9-10,13-17H,1-8,11-12H2. The Morgan fingerprint density at radius 3 is 2.00 bits per heavy atom. The average molecular weight is 281 g/mol. The van der Waals surface area contributed by atoms with Crippen molar-refractivity contribution in [1.29, 1.82) is 0 Å². The zero-order valence-corrected chi connectivity index (χ0v) is 13.1. The maximum absolute atomic E-state index is 4.95. The monoisotopic (exact) mass is 281 g/mol. The Hall–Kier alpha value is -1.37. The SMILES string of the molecule is c1ccc2nc(C3CCCCCCCCCC3)ccc2c1. The van der Waals surface area contributed by atoms with Crippen LogP contribution in [0.25, 0.3) is 10.9 Å². The maximum Gasteiger partial charge on any atom is 0.0705 e. The van der Waals surface area contributed by atoms with Gasteiger partial charge in [-0.2, -0.15) is 0 Å². The summed E-state index contributed by atoms with van der Waals surface area (Å²) in [5.41, 5.74) is 2.48. The summed E-state index contributed by atoms with van der Waals surface area (Å²) in [5.74, 6) is 0.674. The van der Waals surface area contributed by atoms with Crippen LogP contribution in [-0.4, -0.2) is 4.98 Å². The fraction of sp³-hybridized carbons (Fsp3) is 0.550. The number of rotatable bonds is 1. The average Bonchev–Trinajstić information content (AvgIpc) is 2.60. The van der Waals surface area contributed by atoms with Crippen LogP contribution >= 0.6 is 0 Å². The number of aromatic nitrogens is 1. The minimum Gasteiger partial charge on any atom is -0.253 e. The number of hydrogen-bond donors (Lipinski definition) is 0. The van der Waals surface area contributed by atoms with Gasteiger partial charge in [0, 0.05) is 17.0 Å². The van der Waals surface area contributed by atoms with Crippen molar-refractivity contribution in [3.63, 3.8) is 0 Å². The highest BCUT2D eigenvalue weighted by Crippen LogP contribution is 2.29. The highest BCUT2D eigenvalue weighted by Gasteiger charge is 2.14. The molecule has 1 aromatic carbocycles. The van der Waals surface area contributed by atoms with Crippen molar-refractivity contribution in [2.24, 2.45) is 0 Å². The molecule has 2 aromatic rings. The third-order valence-electron chi connectivity index (χ3n) is 4.89. The maximum atomic E-state index is 4.95.